The third-order valence-corrected chi connectivity index (χ3v) is 2.91. The summed E-state index contributed by atoms with van der Waals surface area (Å²) < 4.78 is 0. The molecular formula is C13H21N3O8. The molecule has 0 aliphatic carbocycles. The Morgan fingerprint density at radius 2 is 1.75 bits per heavy atom. The fraction of sp³-hybridized carbons (Fsp3) is 0.615. The van der Waals surface area contributed by atoms with E-state index in [1.54, 1.807) is 0 Å². The van der Waals surface area contributed by atoms with Crippen molar-refractivity contribution in [3.63, 3.8) is 0 Å². The Labute approximate surface area is 138 Å². The van der Waals surface area contributed by atoms with Gasteiger partial charge in [-0.2, -0.15) is 0 Å². The van der Waals surface area contributed by atoms with Crippen LogP contribution in [0.4, 0.5) is 0 Å². The molecule has 1 saturated heterocycles. The molecular weight excluding hydrogens is 326 g/mol. The largest absolute Gasteiger partial charge is 0.478 e. The van der Waals surface area contributed by atoms with Gasteiger partial charge in [-0.25, -0.2) is 9.59 Å². The average Bonchev–Trinajstić information content (AvgIpc) is 2.98. The predicted molar refractivity (Wildman–Crippen MR) is 80.6 cm³/mol. The van der Waals surface area contributed by atoms with Gasteiger partial charge in [0, 0.05) is 25.2 Å². The number of nitrogens with zero attached hydrogens (tertiary/aromatic N) is 2. The van der Waals surface area contributed by atoms with Crippen molar-refractivity contribution < 1.29 is 34.5 Å². The number of carbonyl (C=O) groups is 3. The summed E-state index contributed by atoms with van der Waals surface area (Å²) >= 11 is 0. The van der Waals surface area contributed by atoms with Crippen molar-refractivity contribution in [2.75, 3.05) is 26.2 Å². The summed E-state index contributed by atoms with van der Waals surface area (Å²) in [7, 11) is 0. The summed E-state index contributed by atoms with van der Waals surface area (Å²) in [5, 5.41) is 27.3. The molecule has 1 heterocycles. The van der Waals surface area contributed by atoms with Gasteiger partial charge in [-0.05, 0) is 32.9 Å². The molecule has 0 aromatic heterocycles. The van der Waals surface area contributed by atoms with E-state index < -0.39 is 29.0 Å². The van der Waals surface area contributed by atoms with Crippen LogP contribution in [0.2, 0.25) is 0 Å². The number of amides is 1. The first-order valence-corrected chi connectivity index (χ1v) is 7.17. The van der Waals surface area contributed by atoms with Crippen molar-refractivity contribution in [2.45, 2.75) is 25.9 Å². The van der Waals surface area contributed by atoms with Crippen molar-refractivity contribution in [1.82, 2.24) is 10.2 Å². The lowest BCUT2D eigenvalue weighted by Crippen LogP contribution is -2.39. The summed E-state index contributed by atoms with van der Waals surface area (Å²) in [6.07, 6.45) is 2.47. The average molecular weight is 347 g/mol. The van der Waals surface area contributed by atoms with E-state index in [1.165, 1.54) is 19.8 Å². The molecule has 0 saturated carbocycles. The highest BCUT2D eigenvalue weighted by Gasteiger charge is 2.17. The Bertz CT molecular complexity index is 458. The van der Waals surface area contributed by atoms with Gasteiger partial charge in [-0.1, -0.05) is 0 Å². The van der Waals surface area contributed by atoms with Crippen LogP contribution in [0, 0.1) is 10.1 Å². The third-order valence-electron chi connectivity index (χ3n) is 2.91. The number of carboxylic acids is 2. The topological polar surface area (TPSA) is 159 Å². The predicted octanol–water partition coefficient (Wildman–Crippen LogP) is -0.493. The fourth-order valence-corrected chi connectivity index (χ4v) is 1.81. The molecule has 1 fully saturated rings. The molecule has 1 unspecified atom stereocenters. The molecule has 1 amide bonds. The molecule has 3 N–H and O–H groups in total. The van der Waals surface area contributed by atoms with E-state index in [4.69, 9.17) is 10.2 Å². The molecule has 0 spiro atoms. The van der Waals surface area contributed by atoms with E-state index in [-0.39, 0.29) is 0 Å². The summed E-state index contributed by atoms with van der Waals surface area (Å²) in [6.45, 7) is 4.78. The van der Waals surface area contributed by atoms with Crippen molar-refractivity contribution in [3.8, 4) is 0 Å². The van der Waals surface area contributed by atoms with Crippen LogP contribution in [-0.2, 0) is 19.2 Å². The number of hydrogen-bond acceptors (Lipinski definition) is 7. The minimum absolute atomic E-state index is 0.448. The van der Waals surface area contributed by atoms with E-state index >= 15 is 0 Å². The van der Waals surface area contributed by atoms with E-state index in [0.29, 0.717) is 18.7 Å². The zero-order valence-electron chi connectivity index (χ0n) is 13.2. The van der Waals surface area contributed by atoms with Crippen molar-refractivity contribution in [2.24, 2.45) is 0 Å². The molecule has 1 rings (SSSR count). The highest BCUT2D eigenvalue weighted by atomic mass is 17.0. The van der Waals surface area contributed by atoms with Crippen LogP contribution in [0.15, 0.2) is 12.2 Å². The van der Waals surface area contributed by atoms with Gasteiger partial charge >= 0.3 is 11.9 Å². The molecule has 0 aromatic rings. The standard InChI is InChI=1S/C9H17N3O4.C4H4O4/c1-8(16-12(14)15)9(13)10-4-7-11-5-2-3-6-11;5-3(6)1-2-4(7)8/h8H,2-7H2,1H3,(H,10,13);1-2H,(H,5,6)(H,7,8). The van der Waals surface area contributed by atoms with E-state index in [1.807, 2.05) is 0 Å². The Kier molecular flexibility index (Phi) is 10.5. The van der Waals surface area contributed by atoms with Crippen LogP contribution in [0.3, 0.4) is 0 Å². The Balaban J connectivity index is 0.000000561. The van der Waals surface area contributed by atoms with E-state index in [2.05, 4.69) is 15.1 Å². The molecule has 1 aliphatic heterocycles. The molecule has 136 valence electrons. The zero-order chi connectivity index (χ0) is 18.5. The molecule has 0 aromatic carbocycles. The zero-order valence-corrected chi connectivity index (χ0v) is 13.2. The highest BCUT2D eigenvalue weighted by Crippen LogP contribution is 2.05. The van der Waals surface area contributed by atoms with Crippen LogP contribution in [0.5, 0.6) is 0 Å². The maximum atomic E-state index is 11.3. The van der Waals surface area contributed by atoms with Gasteiger partial charge in [0.25, 0.3) is 5.09 Å². The van der Waals surface area contributed by atoms with E-state index in [0.717, 1.165) is 19.6 Å². The fourth-order valence-electron chi connectivity index (χ4n) is 1.81. The van der Waals surface area contributed by atoms with Gasteiger partial charge in [-0.3, -0.25) is 4.79 Å². The SMILES string of the molecule is CC(O[N+](=O)[O-])C(=O)NCCN1CCCC1.O=C(O)C=CC(=O)O. The summed E-state index contributed by atoms with van der Waals surface area (Å²) in [6, 6.07) is 0. The van der Waals surface area contributed by atoms with Crippen LogP contribution >= 0.6 is 0 Å². The number of aliphatic carboxylic acids is 2. The quantitative estimate of drug-likeness (QED) is 0.299. The van der Waals surface area contributed by atoms with Crippen LogP contribution in [-0.4, -0.2) is 70.3 Å². The van der Waals surface area contributed by atoms with Crippen LogP contribution < -0.4 is 5.32 Å². The highest BCUT2D eigenvalue weighted by molar-refractivity contribution is 5.89. The van der Waals surface area contributed by atoms with Gasteiger partial charge in [0.2, 0.25) is 5.91 Å². The van der Waals surface area contributed by atoms with E-state index in [9.17, 15) is 24.5 Å². The number of carbonyl (C=O) groups excluding carboxylic acids is 1. The van der Waals surface area contributed by atoms with Crippen molar-refractivity contribution >= 4 is 17.8 Å². The summed E-state index contributed by atoms with van der Waals surface area (Å²) in [5.41, 5.74) is 0. The lowest BCUT2D eigenvalue weighted by atomic mass is 10.4. The van der Waals surface area contributed by atoms with Gasteiger partial charge in [0.15, 0.2) is 6.10 Å². The number of carboxylic acid groups (broad SMARTS) is 2. The van der Waals surface area contributed by atoms with Gasteiger partial charge in [-0.15, -0.1) is 10.1 Å². The molecule has 11 nitrogen and oxygen atoms in total. The number of hydrogen-bond donors (Lipinski definition) is 3. The summed E-state index contributed by atoms with van der Waals surface area (Å²) in [4.78, 5) is 46.8. The molecule has 0 bridgehead atoms. The molecule has 11 heteroatoms. The first-order valence-electron chi connectivity index (χ1n) is 7.17. The van der Waals surface area contributed by atoms with Gasteiger partial charge < -0.3 is 25.3 Å². The van der Waals surface area contributed by atoms with Crippen molar-refractivity contribution in [3.05, 3.63) is 22.3 Å². The molecule has 1 atom stereocenters. The van der Waals surface area contributed by atoms with Crippen LogP contribution in [0.25, 0.3) is 0 Å². The van der Waals surface area contributed by atoms with Crippen LogP contribution in [0.1, 0.15) is 19.8 Å². The van der Waals surface area contributed by atoms with Gasteiger partial charge in [0.1, 0.15) is 0 Å². The first-order chi connectivity index (χ1) is 11.2. The minimum Gasteiger partial charge on any atom is -0.478 e. The molecule has 1 aliphatic rings. The molecule has 0 radical (unpaired) electrons. The third kappa shape index (κ3) is 11.9. The maximum Gasteiger partial charge on any atom is 0.328 e. The normalized spacial score (nSPS) is 15.2. The Morgan fingerprint density at radius 1 is 1.25 bits per heavy atom. The second kappa shape index (κ2) is 11.8. The summed E-state index contributed by atoms with van der Waals surface area (Å²) in [5.74, 6) is -2.96. The first kappa shape index (κ1) is 21.3. The molecule has 24 heavy (non-hydrogen) atoms. The second-order valence-electron chi connectivity index (χ2n) is 4.82. The minimum atomic E-state index is -1.26. The number of nitrogens with one attached hydrogen (secondary N) is 1. The monoisotopic (exact) mass is 347 g/mol. The Morgan fingerprint density at radius 3 is 2.17 bits per heavy atom. The number of rotatable bonds is 8. The lowest BCUT2D eigenvalue weighted by Gasteiger charge is -2.15. The maximum absolute atomic E-state index is 11.3. The number of likely N-dealkylation sites (tertiary alicyclic amines) is 1. The Hall–Kier alpha value is -2.69. The second-order valence-corrected chi connectivity index (χ2v) is 4.82. The van der Waals surface area contributed by atoms with Crippen molar-refractivity contribution in [1.29, 1.82) is 0 Å². The smallest absolute Gasteiger partial charge is 0.328 e. The lowest BCUT2D eigenvalue weighted by molar-refractivity contribution is -0.763. The van der Waals surface area contributed by atoms with Gasteiger partial charge in [0.05, 0.1) is 0 Å².